The third-order valence-electron chi connectivity index (χ3n) is 6.79. The molecule has 1 aliphatic heterocycles. The molecule has 10 nitrogen and oxygen atoms in total. The minimum absolute atomic E-state index is 0.00651. The van der Waals surface area contributed by atoms with E-state index in [4.69, 9.17) is 4.42 Å². The maximum atomic E-state index is 13.3. The zero-order valence-electron chi connectivity index (χ0n) is 20.7. The van der Waals surface area contributed by atoms with Crippen LogP contribution in [0.5, 0.6) is 0 Å². The molecule has 1 atom stereocenters. The van der Waals surface area contributed by atoms with Gasteiger partial charge in [-0.05, 0) is 55.5 Å². The Hall–Kier alpha value is -3.46. The Morgan fingerprint density at radius 2 is 1.97 bits per heavy atom. The molecule has 1 saturated carbocycles. The van der Waals surface area contributed by atoms with E-state index in [0.717, 1.165) is 11.1 Å². The molecule has 0 unspecified atom stereocenters. The number of hydrogen-bond acceptors (Lipinski definition) is 7. The average Bonchev–Trinajstić information content (AvgIpc) is 3.54. The number of sulfonamides is 1. The van der Waals surface area contributed by atoms with Crippen LogP contribution in [0.15, 0.2) is 45.7 Å². The van der Waals surface area contributed by atoms with Gasteiger partial charge in [0.25, 0.3) is 0 Å². The third-order valence-corrected chi connectivity index (χ3v) is 8.25. The molecule has 2 heterocycles. The number of rotatable bonds is 8. The molecule has 37 heavy (non-hydrogen) atoms. The second-order valence-electron chi connectivity index (χ2n) is 10.1. The predicted octanol–water partition coefficient (Wildman–Crippen LogP) is 2.39. The van der Waals surface area contributed by atoms with E-state index in [1.807, 2.05) is 26.0 Å². The van der Waals surface area contributed by atoms with E-state index in [9.17, 15) is 23.3 Å². The number of piperazine rings is 1. The van der Waals surface area contributed by atoms with Crippen LogP contribution in [0.3, 0.4) is 0 Å². The first-order valence-electron chi connectivity index (χ1n) is 12.3. The first-order chi connectivity index (χ1) is 17.6. The highest BCUT2D eigenvalue weighted by Gasteiger charge is 2.46. The van der Waals surface area contributed by atoms with E-state index in [1.54, 1.807) is 17.0 Å². The molecule has 1 aromatic heterocycles. The highest BCUT2D eigenvalue weighted by molar-refractivity contribution is 7.89. The first kappa shape index (κ1) is 25.2. The molecule has 1 aliphatic carbocycles. The smallest absolute Gasteiger partial charge is 0.241 e. The Morgan fingerprint density at radius 3 is 2.65 bits per heavy atom. The number of fused-ring (bicyclic) bond motifs is 3. The number of furan rings is 1. The van der Waals surface area contributed by atoms with E-state index in [2.05, 4.69) is 21.4 Å². The summed E-state index contributed by atoms with van der Waals surface area (Å²) in [4.78, 5) is 26.9. The normalized spacial score (nSPS) is 18.2. The van der Waals surface area contributed by atoms with Gasteiger partial charge in [-0.1, -0.05) is 13.8 Å². The molecule has 2 aliphatic rings. The Morgan fingerprint density at radius 1 is 1.19 bits per heavy atom. The minimum Gasteiger partial charge on any atom is -0.456 e. The second-order valence-corrected chi connectivity index (χ2v) is 11.9. The lowest BCUT2D eigenvalue weighted by Gasteiger charge is -2.27. The first-order valence-corrected chi connectivity index (χ1v) is 13.8. The fraction of sp³-hybridized carbons (Fsp3) is 0.423. The molecule has 2 amide bonds. The van der Waals surface area contributed by atoms with Gasteiger partial charge < -0.3 is 20.0 Å². The van der Waals surface area contributed by atoms with Crippen molar-refractivity contribution in [3.05, 3.63) is 36.4 Å². The molecule has 2 fully saturated rings. The quantitative estimate of drug-likeness (QED) is 0.411. The standard InChI is InChI=1S/C26H29N5O5S/c1-16(2)11-21(25(33)29-26(15-27)7-8-26)30-37(34,35)18-4-6-22-20(13-18)19-5-3-17(12-23(19)36-22)31-10-9-28-14-24(31)32/h3-6,12-13,16,21,28,30H,7-11,14H2,1-2H3,(H,29,33)/t21-/m0/s1. The topological polar surface area (TPSA) is 145 Å². The van der Waals surface area contributed by atoms with Crippen LogP contribution in [0.25, 0.3) is 21.9 Å². The molecule has 3 N–H and O–H groups in total. The second kappa shape index (κ2) is 9.45. The van der Waals surface area contributed by atoms with Crippen molar-refractivity contribution in [2.75, 3.05) is 24.5 Å². The molecule has 0 radical (unpaired) electrons. The van der Waals surface area contributed by atoms with Crippen LogP contribution >= 0.6 is 0 Å². The number of nitrogens with one attached hydrogen (secondary N) is 3. The predicted molar refractivity (Wildman–Crippen MR) is 138 cm³/mol. The molecule has 0 spiro atoms. The van der Waals surface area contributed by atoms with Crippen molar-refractivity contribution in [3.8, 4) is 6.07 Å². The van der Waals surface area contributed by atoms with Crippen molar-refractivity contribution in [1.82, 2.24) is 15.4 Å². The summed E-state index contributed by atoms with van der Waals surface area (Å²) in [7, 11) is -4.06. The highest BCUT2D eigenvalue weighted by Crippen LogP contribution is 2.35. The van der Waals surface area contributed by atoms with Crippen molar-refractivity contribution in [2.45, 2.75) is 49.6 Å². The molecule has 0 bridgehead atoms. The summed E-state index contributed by atoms with van der Waals surface area (Å²) in [6.07, 6.45) is 1.41. The maximum absolute atomic E-state index is 13.3. The summed E-state index contributed by atoms with van der Waals surface area (Å²) < 4.78 is 35.2. The van der Waals surface area contributed by atoms with Gasteiger partial charge in [0.15, 0.2) is 0 Å². The van der Waals surface area contributed by atoms with Crippen LogP contribution in [0.1, 0.15) is 33.1 Å². The maximum Gasteiger partial charge on any atom is 0.241 e. The summed E-state index contributed by atoms with van der Waals surface area (Å²) >= 11 is 0. The summed E-state index contributed by atoms with van der Waals surface area (Å²) in [5, 5.41) is 16.4. The number of hydrogen-bond donors (Lipinski definition) is 3. The van der Waals surface area contributed by atoms with Crippen LogP contribution in [-0.2, 0) is 19.6 Å². The lowest BCUT2D eigenvalue weighted by atomic mass is 10.0. The summed E-state index contributed by atoms with van der Waals surface area (Å²) in [5.74, 6) is -0.475. The molecular formula is C26H29N5O5S. The van der Waals surface area contributed by atoms with E-state index in [1.165, 1.54) is 12.1 Å². The molecule has 5 rings (SSSR count). The van der Waals surface area contributed by atoms with Gasteiger partial charge in [0, 0.05) is 35.6 Å². The van der Waals surface area contributed by atoms with Crippen molar-refractivity contribution >= 4 is 49.5 Å². The van der Waals surface area contributed by atoms with Crippen molar-refractivity contribution in [2.24, 2.45) is 5.92 Å². The molecule has 194 valence electrons. The highest BCUT2D eigenvalue weighted by atomic mass is 32.2. The Bertz CT molecular complexity index is 1530. The number of carbonyl (C=O) groups excluding carboxylic acids is 2. The largest absolute Gasteiger partial charge is 0.456 e. The van der Waals surface area contributed by atoms with Crippen LogP contribution in [-0.4, -0.2) is 51.4 Å². The Kier molecular flexibility index (Phi) is 6.43. The fourth-order valence-electron chi connectivity index (χ4n) is 4.61. The molecule has 1 saturated heterocycles. The monoisotopic (exact) mass is 523 g/mol. The zero-order valence-corrected chi connectivity index (χ0v) is 21.5. The minimum atomic E-state index is -4.06. The molecule has 3 aromatic rings. The van der Waals surface area contributed by atoms with Gasteiger partial charge in [0.05, 0.1) is 17.5 Å². The zero-order chi connectivity index (χ0) is 26.4. The summed E-state index contributed by atoms with van der Waals surface area (Å²) in [6, 6.07) is 11.1. The Balaban J connectivity index is 1.43. The number of nitriles is 1. The summed E-state index contributed by atoms with van der Waals surface area (Å²) in [5.41, 5.74) is 0.894. The van der Waals surface area contributed by atoms with E-state index >= 15 is 0 Å². The lowest BCUT2D eigenvalue weighted by molar-refractivity contribution is -0.123. The lowest BCUT2D eigenvalue weighted by Crippen LogP contribution is -2.50. The van der Waals surface area contributed by atoms with Crippen LogP contribution < -0.4 is 20.3 Å². The van der Waals surface area contributed by atoms with E-state index in [-0.39, 0.29) is 29.7 Å². The van der Waals surface area contributed by atoms with Gasteiger partial charge in [0.1, 0.15) is 22.7 Å². The van der Waals surface area contributed by atoms with Crippen molar-refractivity contribution in [1.29, 1.82) is 5.26 Å². The molecule has 11 heteroatoms. The average molecular weight is 524 g/mol. The molecular weight excluding hydrogens is 494 g/mol. The number of nitrogens with zero attached hydrogens (tertiary/aromatic N) is 2. The van der Waals surface area contributed by atoms with Crippen molar-refractivity contribution in [3.63, 3.8) is 0 Å². The van der Waals surface area contributed by atoms with E-state index < -0.39 is 27.5 Å². The number of amides is 2. The van der Waals surface area contributed by atoms with Crippen LogP contribution in [0.2, 0.25) is 0 Å². The number of benzene rings is 2. The summed E-state index contributed by atoms with van der Waals surface area (Å²) in [6.45, 7) is 5.33. The van der Waals surface area contributed by atoms with Crippen LogP contribution in [0.4, 0.5) is 5.69 Å². The SMILES string of the molecule is CC(C)C[C@H](NS(=O)(=O)c1ccc2oc3cc(N4CCNCC4=O)ccc3c2c1)C(=O)NC1(C#N)CC1. The van der Waals surface area contributed by atoms with Gasteiger partial charge in [-0.15, -0.1) is 0 Å². The van der Waals surface area contributed by atoms with Crippen LogP contribution in [0, 0.1) is 17.2 Å². The number of carbonyl (C=O) groups is 2. The van der Waals surface area contributed by atoms with Gasteiger partial charge in [0.2, 0.25) is 21.8 Å². The molecule has 2 aromatic carbocycles. The third kappa shape index (κ3) is 5.05. The van der Waals surface area contributed by atoms with Gasteiger partial charge >= 0.3 is 0 Å². The fourth-order valence-corrected chi connectivity index (χ4v) is 5.84. The van der Waals surface area contributed by atoms with Gasteiger partial charge in [-0.2, -0.15) is 9.98 Å². The number of anilines is 1. The van der Waals surface area contributed by atoms with Gasteiger partial charge in [-0.25, -0.2) is 8.42 Å². The van der Waals surface area contributed by atoms with E-state index in [0.29, 0.717) is 42.5 Å². The Labute approximate surface area is 215 Å². The van der Waals surface area contributed by atoms with Crippen molar-refractivity contribution < 1.29 is 22.4 Å². The van der Waals surface area contributed by atoms with Gasteiger partial charge in [-0.3, -0.25) is 9.59 Å².